The van der Waals surface area contributed by atoms with Crippen LogP contribution in [0.15, 0.2) is 73.4 Å². The average molecular weight is 2040 g/mol. The van der Waals surface area contributed by atoms with Crippen LogP contribution in [0.4, 0.5) is 0 Å². The maximum atomic E-state index is 15.4. The summed E-state index contributed by atoms with van der Waals surface area (Å²) in [5, 5.41) is 72.4. The van der Waals surface area contributed by atoms with E-state index in [-0.39, 0.29) is 87.6 Å². The number of benzene rings is 2. The Balaban J connectivity index is 1.01. The standard InChI is InChI=1S/C91H130N24O24S3/c1-43(2)29-62(90(137)115-26-16-22-66(115)84(131)110-64(41-140)82(129)112-73(45(5)6)87(134)113-72(44(3)4)86(133)103-56(91(138)139)24-28-142-10)101-69(120)38-97-75(122)55(23-27-141-9)102-81(128)63(40-116)109-78(125)58(31-49-36-96-54-20-14-12-18-52(49)54)104-79(126)60-33-67(118)71(93)85(132)108-61(34-68(92)119)80(127)105-57(30-48-35-95-53-19-13-11-17-51(48)53)77(124)106-59(32-50-37-94-42-99-50)76(123)98-39-70(121)111-74(47(8)117)88(135)100-46(7)89(136)114-25-15-21-65(114)83(130)107-60/h11-14,17-20,35-37,42-47,55-66,71-74,95-96,116-117,140H,15-16,21-34,38-41,93H2,1-10H3,(H2,92,119)(H,94,99)(H,97,122)(H,98,123)(H,100,135)(H,101,120)(H,102,128)(H,103,133)(H,104,126)(H,105,127)(H,106,124)(H,107,130)(H,108,132)(H,109,125)(H,110,131)(H,111,121)(H,112,129)(H,113,134)(H,138,139)/t46-,47+,55-,56-,57-,58-,59?,60?,61-,62-,63-,64-,65-,66-,71?,72-,73-,74?/m0/s1. The Hall–Kier alpha value is -13.3. The molecular weight excluding hydrogens is 1910 g/mol. The first kappa shape index (κ1) is 114. The van der Waals surface area contributed by atoms with E-state index in [2.05, 4.69) is 118 Å². The van der Waals surface area contributed by atoms with Crippen LogP contribution in [0.2, 0.25) is 0 Å². The van der Waals surface area contributed by atoms with Crippen LogP contribution in [-0.4, -0.2) is 340 Å². The number of ketones is 1. The Morgan fingerprint density at radius 1 is 0.577 bits per heavy atom. The molecule has 3 saturated heterocycles. The number of carboxylic acids is 1. The summed E-state index contributed by atoms with van der Waals surface area (Å²) in [6.45, 7) is 9.37. The molecule has 6 heterocycles. The number of nitrogens with zero attached hydrogens (tertiary/aromatic N) is 3. The van der Waals surface area contributed by atoms with Crippen LogP contribution >= 0.6 is 36.2 Å². The first-order chi connectivity index (χ1) is 67.4. The van der Waals surface area contributed by atoms with Gasteiger partial charge in [-0.15, -0.1) is 0 Å². The van der Waals surface area contributed by atoms with E-state index in [1.807, 2.05) is 0 Å². The molecule has 51 heteroatoms. The van der Waals surface area contributed by atoms with Crippen LogP contribution in [0.5, 0.6) is 0 Å². The molecule has 3 fully saturated rings. The summed E-state index contributed by atoms with van der Waals surface area (Å²) >= 11 is 6.95. The monoisotopic (exact) mass is 2040 g/mol. The first-order valence-electron chi connectivity index (χ1n) is 46.5. The maximum absolute atomic E-state index is 15.4. The number of hydrogen-bond acceptors (Lipinski definition) is 28. The van der Waals surface area contributed by atoms with E-state index < -0.39 is 284 Å². The van der Waals surface area contributed by atoms with Gasteiger partial charge in [0.15, 0.2) is 5.78 Å². The van der Waals surface area contributed by atoms with Crippen LogP contribution < -0.4 is 96.5 Å². The third kappa shape index (κ3) is 32.6. The molecule has 0 aliphatic carbocycles. The Morgan fingerprint density at radius 3 is 1.73 bits per heavy atom. The zero-order valence-corrected chi connectivity index (χ0v) is 82.9. The number of aromatic nitrogens is 4. The van der Waals surface area contributed by atoms with E-state index in [1.165, 1.54) is 60.3 Å². The summed E-state index contributed by atoms with van der Waals surface area (Å²) in [5.74, 6) is -23.6. The maximum Gasteiger partial charge on any atom is 0.326 e. The molecule has 8 rings (SSSR count). The fourth-order valence-electron chi connectivity index (χ4n) is 16.3. The number of fused-ring (bicyclic) bond motifs is 3. The number of aliphatic hydroxyl groups excluding tert-OH is 2. The zero-order valence-electron chi connectivity index (χ0n) is 80.4. The summed E-state index contributed by atoms with van der Waals surface area (Å²) in [5.41, 5.74) is 14.1. The van der Waals surface area contributed by atoms with Gasteiger partial charge in [0.2, 0.25) is 112 Å². The van der Waals surface area contributed by atoms with Gasteiger partial charge in [-0.05, 0) is 124 Å². The number of para-hydroxylation sites is 2. The van der Waals surface area contributed by atoms with Crippen LogP contribution in [0.3, 0.4) is 0 Å². The number of carboxylic acid groups (broad SMARTS) is 1. The van der Waals surface area contributed by atoms with Gasteiger partial charge >= 0.3 is 5.97 Å². The van der Waals surface area contributed by atoms with Crippen molar-refractivity contribution in [3.05, 3.63) is 90.3 Å². The van der Waals surface area contributed by atoms with Crippen molar-refractivity contribution in [1.82, 2.24) is 115 Å². The number of aromatic amines is 3. The number of H-pyrrole nitrogens is 3. The smallest absolute Gasteiger partial charge is 0.326 e. The van der Waals surface area contributed by atoms with Gasteiger partial charge in [-0.2, -0.15) is 36.2 Å². The molecule has 48 nitrogen and oxygen atoms in total. The number of thiol groups is 1. The van der Waals surface area contributed by atoms with Gasteiger partial charge < -0.3 is 137 Å². The quantitative estimate of drug-likeness (QED) is 0.0128. The molecule has 0 bridgehead atoms. The zero-order chi connectivity index (χ0) is 105. The Bertz CT molecular complexity index is 5370. The second-order valence-corrected chi connectivity index (χ2v) is 38.4. The number of aliphatic hydroxyl groups is 2. The highest BCUT2D eigenvalue weighted by molar-refractivity contribution is 7.98. The molecule has 3 aromatic heterocycles. The number of thioether (sulfide) groups is 2. The third-order valence-electron chi connectivity index (χ3n) is 24.0. The number of primary amides is 1. The minimum Gasteiger partial charge on any atom is -0.480 e. The molecule has 26 N–H and O–H groups in total. The van der Waals surface area contributed by atoms with E-state index in [1.54, 1.807) is 103 Å². The molecule has 0 spiro atoms. The van der Waals surface area contributed by atoms with Crippen molar-refractivity contribution in [3.8, 4) is 0 Å². The number of imidazole rings is 1. The van der Waals surface area contributed by atoms with E-state index in [0.29, 0.717) is 45.1 Å². The van der Waals surface area contributed by atoms with E-state index in [4.69, 9.17) is 11.5 Å². The number of carbonyl (C=O) groups excluding carboxylic acids is 20. The number of hydrogen-bond donors (Lipinski definition) is 25. The van der Waals surface area contributed by atoms with Gasteiger partial charge in [0.05, 0.1) is 44.2 Å². The highest BCUT2D eigenvalue weighted by Crippen LogP contribution is 2.26. The van der Waals surface area contributed by atoms with Gasteiger partial charge in [-0.3, -0.25) is 95.9 Å². The lowest BCUT2D eigenvalue weighted by atomic mass is 9.99. The van der Waals surface area contributed by atoms with E-state index in [9.17, 15) is 106 Å². The Labute approximate surface area is 831 Å². The number of nitrogens with one attached hydrogen (secondary N) is 19. The fourth-order valence-corrected chi connectivity index (χ4v) is 17.5. The number of carbonyl (C=O) groups is 21. The van der Waals surface area contributed by atoms with Crippen LogP contribution in [0.1, 0.15) is 130 Å². The largest absolute Gasteiger partial charge is 0.480 e. The molecule has 0 saturated carbocycles. The van der Waals surface area contributed by atoms with Crippen molar-refractivity contribution in [3.63, 3.8) is 0 Å². The number of rotatable bonds is 41. The second kappa shape index (κ2) is 54.7. The van der Waals surface area contributed by atoms with Crippen molar-refractivity contribution in [2.45, 2.75) is 241 Å². The molecule has 0 radical (unpaired) electrons. The van der Waals surface area contributed by atoms with Crippen LogP contribution in [-0.2, 0) is 120 Å². The minimum absolute atomic E-state index is 0.0154. The van der Waals surface area contributed by atoms with E-state index >= 15 is 9.59 Å². The third-order valence-corrected chi connectivity index (χ3v) is 25.7. The van der Waals surface area contributed by atoms with Gasteiger partial charge in [-0.1, -0.05) is 77.9 Å². The molecule has 4 unspecified atom stereocenters. The Kier molecular flexibility index (Phi) is 43.9. The molecule has 18 atom stereocenters. The molecule has 776 valence electrons. The summed E-state index contributed by atoms with van der Waals surface area (Å²) in [4.78, 5) is 314. The summed E-state index contributed by atoms with van der Waals surface area (Å²) < 4.78 is 0. The van der Waals surface area contributed by atoms with Gasteiger partial charge in [0.1, 0.15) is 103 Å². The van der Waals surface area contributed by atoms with Crippen LogP contribution in [0, 0.1) is 17.8 Å². The van der Waals surface area contributed by atoms with Crippen molar-refractivity contribution in [2.24, 2.45) is 29.2 Å². The highest BCUT2D eigenvalue weighted by atomic mass is 32.2. The van der Waals surface area contributed by atoms with Crippen molar-refractivity contribution in [1.29, 1.82) is 0 Å². The predicted molar refractivity (Wildman–Crippen MR) is 521 cm³/mol. The number of likely N-dealkylation sites (tertiary alicyclic amines) is 1. The normalized spacial score (nSPS) is 21.4. The van der Waals surface area contributed by atoms with Crippen molar-refractivity contribution in [2.75, 3.05) is 62.6 Å². The molecule has 142 heavy (non-hydrogen) atoms. The number of Topliss-reactive ketones (excluding diaryl/α,β-unsaturated/α-hetero) is 1. The summed E-state index contributed by atoms with van der Waals surface area (Å²) in [6.07, 6.45) is 4.32. The topological polar surface area (TPSA) is 730 Å². The minimum atomic E-state index is -2.43. The summed E-state index contributed by atoms with van der Waals surface area (Å²) in [7, 11) is 0. The van der Waals surface area contributed by atoms with Gasteiger partial charge in [0, 0.05) is 84.9 Å². The summed E-state index contributed by atoms with van der Waals surface area (Å²) in [6, 6.07) is -14.5. The molecule has 5 aromatic rings. The van der Waals surface area contributed by atoms with E-state index in [0.717, 1.165) is 11.8 Å². The van der Waals surface area contributed by atoms with Crippen molar-refractivity contribution < 1.29 is 116 Å². The first-order valence-corrected chi connectivity index (χ1v) is 49.9. The second-order valence-electron chi connectivity index (χ2n) is 36.1. The van der Waals surface area contributed by atoms with Crippen molar-refractivity contribution >= 4 is 182 Å². The van der Waals surface area contributed by atoms with Crippen LogP contribution in [0.25, 0.3) is 21.8 Å². The average Bonchev–Trinajstić information content (AvgIpc) is 1.67. The van der Waals surface area contributed by atoms with Gasteiger partial charge in [-0.25, -0.2) is 9.78 Å². The molecular formula is C91H130N24O24S3. The lowest BCUT2D eigenvalue weighted by Gasteiger charge is -2.31. The molecule has 3 aliphatic rings. The molecule has 2 aromatic carbocycles. The molecule has 3 aliphatic heterocycles. The molecule has 19 amide bonds. The lowest BCUT2D eigenvalue weighted by Crippen LogP contribution is -2.61. The Morgan fingerprint density at radius 2 is 1.13 bits per heavy atom. The number of nitrogens with two attached hydrogens (primary N) is 2. The number of amides is 19. The number of aliphatic carboxylic acids is 1. The predicted octanol–water partition coefficient (Wildman–Crippen LogP) is -6.15. The lowest BCUT2D eigenvalue weighted by molar-refractivity contribution is -0.143. The SMILES string of the molecule is CSCC[C@H](NC(=O)[C@@H](NC(=O)[C@@H](NC(=O)[C@H](CS)NC(=O)[C@@H]1CCCN1C(=O)[C@H](CC(C)C)NC(=O)CNC(=O)[C@H](CCSC)NC(=O)[C@H](CO)NC(=O)[C@H](Cc1c[nH]c2ccccc12)NC(=O)C1CC(=O)C(N)C(=O)N[C@@H](CC(N)=O)C(=O)N[C@@H](Cc2c[nH]c3ccccc23)C(=O)NC(Cc2c[nH]cn2)C(=O)NCC(=O)NC([C@@H](C)O)C(=O)N[C@@H](C)C(=O)N2CCC[C@H]2C(=O)N1)C(C)C)C(C)C)C(=O)O. The van der Waals surface area contributed by atoms with Gasteiger partial charge in [0.25, 0.3) is 0 Å². The highest BCUT2D eigenvalue weighted by Gasteiger charge is 2.45. The fraction of sp³-hybridized carbons (Fsp3) is 0.560.